The Morgan fingerprint density at radius 2 is 1.58 bits per heavy atom. The lowest BCUT2D eigenvalue weighted by atomic mass is 10.0. The second-order valence-electron chi connectivity index (χ2n) is 4.86. The van der Waals surface area contributed by atoms with Crippen LogP contribution in [0.4, 0.5) is 0 Å². The van der Waals surface area contributed by atoms with Gasteiger partial charge in [-0.2, -0.15) is 0 Å². The lowest BCUT2D eigenvalue weighted by Gasteiger charge is -2.04. The van der Waals surface area contributed by atoms with E-state index in [1.165, 1.54) is 28.9 Å². The summed E-state index contributed by atoms with van der Waals surface area (Å²) in [6.07, 6.45) is 4.77. The van der Waals surface area contributed by atoms with Gasteiger partial charge < -0.3 is 0 Å². The van der Waals surface area contributed by atoms with Gasteiger partial charge in [0.25, 0.3) is 0 Å². The lowest BCUT2D eigenvalue weighted by molar-refractivity contribution is 1.07. The Balaban J connectivity index is 0.000000148. The number of halogens is 1. The second-order valence-corrected chi connectivity index (χ2v) is 5.27. The smallest absolute Gasteiger partial charge is 0.0435 e. The summed E-state index contributed by atoms with van der Waals surface area (Å²) in [6, 6.07) is 16.4. The zero-order valence-electron chi connectivity index (χ0n) is 11.5. The monoisotopic (exact) mass is 270 g/mol. The summed E-state index contributed by atoms with van der Waals surface area (Å²) in [6.45, 7) is 4.22. The molecule has 0 atom stereocenters. The van der Waals surface area contributed by atoms with Crippen molar-refractivity contribution in [3.05, 3.63) is 69.6 Å². The normalized spacial score (nSPS) is 12.9. The Kier molecular flexibility index (Phi) is 4.81. The van der Waals surface area contributed by atoms with Crippen molar-refractivity contribution in [2.24, 2.45) is 0 Å². The molecular weight excluding hydrogens is 252 g/mol. The van der Waals surface area contributed by atoms with Crippen LogP contribution in [0.15, 0.2) is 48.5 Å². The lowest BCUT2D eigenvalue weighted by Crippen LogP contribution is -2.27. The van der Waals surface area contributed by atoms with E-state index in [2.05, 4.69) is 37.3 Å². The molecule has 0 aliphatic heterocycles. The van der Waals surface area contributed by atoms with Gasteiger partial charge in [-0.15, -0.1) is 0 Å². The van der Waals surface area contributed by atoms with Crippen molar-refractivity contribution in [1.82, 2.24) is 0 Å². The summed E-state index contributed by atoms with van der Waals surface area (Å²) in [4.78, 5) is 0. The highest BCUT2D eigenvalue weighted by Crippen LogP contribution is 2.11. The minimum absolute atomic E-state index is 0.840. The SMILES string of the molecule is CC1=c2ccccc2=CCC1.Cc1ccccc1Cl. The van der Waals surface area contributed by atoms with Gasteiger partial charge in [-0.1, -0.05) is 65.7 Å². The minimum atomic E-state index is 0.840. The van der Waals surface area contributed by atoms with Crippen LogP contribution in [0.5, 0.6) is 0 Å². The highest BCUT2D eigenvalue weighted by molar-refractivity contribution is 6.31. The third kappa shape index (κ3) is 3.71. The van der Waals surface area contributed by atoms with E-state index in [0.717, 1.165) is 10.6 Å². The van der Waals surface area contributed by atoms with Crippen molar-refractivity contribution >= 4 is 23.3 Å². The molecule has 1 aliphatic carbocycles. The van der Waals surface area contributed by atoms with Gasteiger partial charge in [0.2, 0.25) is 0 Å². The molecule has 0 spiro atoms. The fourth-order valence-electron chi connectivity index (χ4n) is 2.19. The van der Waals surface area contributed by atoms with Gasteiger partial charge in [0.05, 0.1) is 0 Å². The van der Waals surface area contributed by atoms with Crippen LogP contribution in [-0.4, -0.2) is 0 Å². The Hall–Kier alpha value is -1.53. The Labute approximate surface area is 120 Å². The van der Waals surface area contributed by atoms with Crippen LogP contribution in [0.1, 0.15) is 25.3 Å². The summed E-state index contributed by atoms with van der Waals surface area (Å²) in [5.74, 6) is 0. The first-order valence-corrected chi connectivity index (χ1v) is 7.02. The van der Waals surface area contributed by atoms with Crippen LogP contribution in [0, 0.1) is 6.92 Å². The summed E-state index contributed by atoms with van der Waals surface area (Å²) in [7, 11) is 0. The topological polar surface area (TPSA) is 0 Å². The first-order valence-electron chi connectivity index (χ1n) is 6.64. The molecule has 3 rings (SSSR count). The van der Waals surface area contributed by atoms with Crippen LogP contribution in [0.2, 0.25) is 5.02 Å². The van der Waals surface area contributed by atoms with Crippen molar-refractivity contribution in [2.45, 2.75) is 26.7 Å². The van der Waals surface area contributed by atoms with Crippen molar-refractivity contribution in [2.75, 3.05) is 0 Å². The summed E-state index contributed by atoms with van der Waals surface area (Å²) in [5, 5.41) is 3.70. The second kappa shape index (κ2) is 6.58. The maximum Gasteiger partial charge on any atom is 0.0435 e. The molecule has 98 valence electrons. The third-order valence-corrected chi connectivity index (χ3v) is 3.80. The Morgan fingerprint density at radius 1 is 0.895 bits per heavy atom. The molecule has 0 radical (unpaired) electrons. The molecule has 0 aromatic heterocycles. The van der Waals surface area contributed by atoms with Crippen LogP contribution in [0.3, 0.4) is 0 Å². The van der Waals surface area contributed by atoms with Crippen LogP contribution in [-0.2, 0) is 0 Å². The number of rotatable bonds is 0. The predicted octanol–water partition coefficient (Wildman–Crippen LogP) is 4.08. The first-order chi connectivity index (χ1) is 9.18. The van der Waals surface area contributed by atoms with Gasteiger partial charge in [0.1, 0.15) is 0 Å². The van der Waals surface area contributed by atoms with Crippen molar-refractivity contribution < 1.29 is 0 Å². The molecule has 19 heavy (non-hydrogen) atoms. The standard InChI is InChI=1S/C11H12.C7H7Cl/c1-9-5-4-7-10-6-2-3-8-11(9)10;1-6-4-2-3-5-7(6)8/h2-3,6-8H,4-5H2,1H3;2-5H,1H3. The van der Waals surface area contributed by atoms with E-state index in [0.29, 0.717) is 0 Å². The average Bonchev–Trinajstić information content (AvgIpc) is 2.44. The fraction of sp³-hybridized carbons (Fsp3) is 0.222. The molecule has 0 saturated heterocycles. The van der Waals surface area contributed by atoms with Gasteiger partial charge >= 0.3 is 0 Å². The molecule has 0 nitrogen and oxygen atoms in total. The van der Waals surface area contributed by atoms with E-state index in [9.17, 15) is 0 Å². The van der Waals surface area contributed by atoms with E-state index in [-0.39, 0.29) is 0 Å². The number of hydrogen-bond donors (Lipinski definition) is 0. The van der Waals surface area contributed by atoms with Crippen LogP contribution < -0.4 is 10.4 Å². The first kappa shape index (κ1) is 13.9. The number of aryl methyl sites for hydroxylation is 1. The van der Waals surface area contributed by atoms with Gasteiger partial charge in [0.15, 0.2) is 0 Å². The van der Waals surface area contributed by atoms with Crippen molar-refractivity contribution in [3.63, 3.8) is 0 Å². The highest BCUT2D eigenvalue weighted by atomic mass is 35.5. The molecule has 0 N–H and O–H groups in total. The molecule has 0 saturated carbocycles. The summed E-state index contributed by atoms with van der Waals surface area (Å²) >= 11 is 5.71. The predicted molar refractivity (Wildman–Crippen MR) is 84.7 cm³/mol. The van der Waals surface area contributed by atoms with E-state index in [4.69, 9.17) is 11.6 Å². The molecule has 2 aromatic carbocycles. The largest absolute Gasteiger partial charge is 0.0841 e. The molecule has 1 heteroatoms. The van der Waals surface area contributed by atoms with Gasteiger partial charge in [-0.25, -0.2) is 0 Å². The molecule has 0 bridgehead atoms. The molecule has 2 aromatic rings. The zero-order valence-corrected chi connectivity index (χ0v) is 12.2. The maximum atomic E-state index is 5.71. The van der Waals surface area contributed by atoms with Crippen molar-refractivity contribution in [3.8, 4) is 0 Å². The van der Waals surface area contributed by atoms with Gasteiger partial charge in [-0.05, 0) is 48.8 Å². The minimum Gasteiger partial charge on any atom is -0.0841 e. The third-order valence-electron chi connectivity index (χ3n) is 3.38. The van der Waals surface area contributed by atoms with Crippen LogP contribution in [0.25, 0.3) is 11.6 Å². The summed E-state index contributed by atoms with van der Waals surface area (Å²) < 4.78 is 0. The molecular formula is C18H19Cl. The van der Waals surface area contributed by atoms with E-state index in [1.807, 2.05) is 31.2 Å². The van der Waals surface area contributed by atoms with E-state index >= 15 is 0 Å². The molecule has 1 aliphatic rings. The van der Waals surface area contributed by atoms with Gasteiger partial charge in [0, 0.05) is 5.02 Å². The molecule has 0 unspecified atom stereocenters. The quantitative estimate of drug-likeness (QED) is 0.677. The number of hydrogen-bond acceptors (Lipinski definition) is 0. The Bertz CT molecular complexity index is 647. The number of benzene rings is 2. The maximum absolute atomic E-state index is 5.71. The van der Waals surface area contributed by atoms with Crippen LogP contribution >= 0.6 is 11.6 Å². The zero-order chi connectivity index (χ0) is 13.7. The molecule has 0 fully saturated rings. The Morgan fingerprint density at radius 3 is 2.21 bits per heavy atom. The summed E-state index contributed by atoms with van der Waals surface area (Å²) in [5.41, 5.74) is 2.66. The average molecular weight is 271 g/mol. The van der Waals surface area contributed by atoms with E-state index in [1.54, 1.807) is 0 Å². The van der Waals surface area contributed by atoms with Crippen molar-refractivity contribution in [1.29, 1.82) is 0 Å². The highest BCUT2D eigenvalue weighted by Gasteiger charge is 1.96. The molecule has 0 heterocycles. The van der Waals surface area contributed by atoms with E-state index < -0.39 is 0 Å². The molecule has 0 amide bonds. The van der Waals surface area contributed by atoms with Gasteiger partial charge in [-0.3, -0.25) is 0 Å². The number of fused-ring (bicyclic) bond motifs is 1. The fourth-order valence-corrected chi connectivity index (χ4v) is 2.33.